The quantitative estimate of drug-likeness (QED) is 0.392. The summed E-state index contributed by atoms with van der Waals surface area (Å²) in [6, 6.07) is 0.938. The molecule has 0 aromatic carbocycles. The van der Waals surface area contributed by atoms with E-state index < -0.39 is 12.1 Å². The van der Waals surface area contributed by atoms with Crippen LogP contribution in [0.3, 0.4) is 0 Å². The van der Waals surface area contributed by atoms with Gasteiger partial charge in [0.05, 0.1) is 6.10 Å². The van der Waals surface area contributed by atoms with Crippen molar-refractivity contribution in [2.75, 3.05) is 0 Å². The van der Waals surface area contributed by atoms with Gasteiger partial charge in [0.2, 0.25) is 0 Å². The number of rotatable bonds is 9. The Balaban J connectivity index is 1.39. The number of aliphatic carboxylic acids is 1. The lowest BCUT2D eigenvalue weighted by atomic mass is 9.73. The van der Waals surface area contributed by atoms with Crippen LogP contribution in [-0.2, 0) is 9.53 Å². The minimum absolute atomic E-state index is 0.277. The summed E-state index contributed by atoms with van der Waals surface area (Å²) < 4.78 is 31.5. The molecule has 4 rings (SSSR count). The van der Waals surface area contributed by atoms with E-state index in [4.69, 9.17) is 9.84 Å². The summed E-state index contributed by atoms with van der Waals surface area (Å²) in [4.78, 5) is 13.7. The van der Waals surface area contributed by atoms with Gasteiger partial charge in [-0.25, -0.2) is 0 Å². The molecule has 3 fully saturated rings. The summed E-state index contributed by atoms with van der Waals surface area (Å²) in [6.45, 7) is 0.842. The first kappa shape index (κ1) is 24.9. The maximum Gasteiger partial charge on any atom is 0.353 e. The maximum atomic E-state index is 13.3. The lowest BCUT2D eigenvalue weighted by molar-refractivity contribution is -0.255. The molecule has 33 heavy (non-hydrogen) atoms. The van der Waals surface area contributed by atoms with Crippen LogP contribution in [0.4, 0.5) is 8.78 Å². The first-order valence-corrected chi connectivity index (χ1v) is 13.5. The molecule has 0 saturated heterocycles. The molecule has 188 valence electrons. The molecule has 3 aliphatic carbocycles. The Morgan fingerprint density at radius 2 is 1.76 bits per heavy atom. The Morgan fingerprint density at radius 3 is 2.42 bits per heavy atom. The van der Waals surface area contributed by atoms with E-state index in [0.29, 0.717) is 36.8 Å². The molecule has 6 heteroatoms. The molecule has 1 aliphatic heterocycles. The Labute approximate surface area is 198 Å². The molecular weight excluding hydrogens is 424 g/mol. The second kappa shape index (κ2) is 11.0. The van der Waals surface area contributed by atoms with Crippen LogP contribution in [0.15, 0.2) is 11.8 Å². The molecular formula is C27H43F2NO3. The Bertz CT molecular complexity index is 677. The lowest BCUT2D eigenvalue weighted by Gasteiger charge is -2.43. The van der Waals surface area contributed by atoms with Crippen molar-refractivity contribution >= 4 is 5.97 Å². The number of halogens is 2. The van der Waals surface area contributed by atoms with Crippen LogP contribution >= 0.6 is 0 Å². The molecule has 4 nitrogen and oxygen atoms in total. The number of hydrogen-bond donors (Lipinski definition) is 1. The zero-order chi connectivity index (χ0) is 23.4. The van der Waals surface area contributed by atoms with Gasteiger partial charge in [0.15, 0.2) is 0 Å². The third kappa shape index (κ3) is 6.93. The van der Waals surface area contributed by atoms with Crippen molar-refractivity contribution in [3.05, 3.63) is 11.8 Å². The van der Waals surface area contributed by atoms with E-state index in [2.05, 4.69) is 11.1 Å². The summed E-state index contributed by atoms with van der Waals surface area (Å²) in [5.74, 6) is 1.24. The van der Waals surface area contributed by atoms with Crippen molar-refractivity contribution < 1.29 is 23.4 Å². The van der Waals surface area contributed by atoms with E-state index in [1.807, 2.05) is 0 Å². The molecule has 1 heterocycles. The van der Waals surface area contributed by atoms with Crippen LogP contribution in [0.25, 0.3) is 0 Å². The summed E-state index contributed by atoms with van der Waals surface area (Å²) in [5, 5.41) is 9.14. The number of carboxylic acid groups (broad SMARTS) is 1. The molecule has 3 unspecified atom stereocenters. The fourth-order valence-electron chi connectivity index (χ4n) is 7.20. The fraction of sp³-hybridized carbons (Fsp3) is 0.889. The third-order valence-electron chi connectivity index (χ3n) is 8.87. The summed E-state index contributed by atoms with van der Waals surface area (Å²) in [7, 11) is 0. The Kier molecular flexibility index (Phi) is 8.35. The van der Waals surface area contributed by atoms with Crippen molar-refractivity contribution in [2.45, 2.75) is 134 Å². The van der Waals surface area contributed by atoms with Gasteiger partial charge in [-0.3, -0.25) is 4.79 Å². The van der Waals surface area contributed by atoms with E-state index in [1.54, 1.807) is 5.57 Å². The van der Waals surface area contributed by atoms with Gasteiger partial charge in [0, 0.05) is 31.3 Å². The van der Waals surface area contributed by atoms with Crippen LogP contribution in [-0.4, -0.2) is 40.3 Å². The van der Waals surface area contributed by atoms with Gasteiger partial charge >= 0.3 is 12.1 Å². The summed E-state index contributed by atoms with van der Waals surface area (Å²) in [6.07, 6.45) is 16.1. The molecule has 0 aromatic rings. The van der Waals surface area contributed by atoms with Crippen molar-refractivity contribution in [3.63, 3.8) is 0 Å². The predicted molar refractivity (Wildman–Crippen MR) is 125 cm³/mol. The molecule has 0 bridgehead atoms. The highest BCUT2D eigenvalue weighted by atomic mass is 19.3. The normalized spacial score (nSPS) is 33.6. The minimum Gasteiger partial charge on any atom is -0.481 e. The fourth-order valence-corrected chi connectivity index (χ4v) is 7.20. The molecule has 0 spiro atoms. The van der Waals surface area contributed by atoms with Gasteiger partial charge in [-0.05, 0) is 87.8 Å². The number of nitrogens with zero attached hydrogens (tertiary/aromatic N) is 1. The second-order valence-electron chi connectivity index (χ2n) is 11.3. The number of hydrogen-bond acceptors (Lipinski definition) is 3. The van der Waals surface area contributed by atoms with Gasteiger partial charge in [0.25, 0.3) is 0 Å². The van der Waals surface area contributed by atoms with Gasteiger partial charge < -0.3 is 14.7 Å². The van der Waals surface area contributed by atoms with Gasteiger partial charge in [-0.1, -0.05) is 32.1 Å². The highest BCUT2D eigenvalue weighted by Gasteiger charge is 2.43. The van der Waals surface area contributed by atoms with Crippen LogP contribution in [0.1, 0.15) is 110 Å². The van der Waals surface area contributed by atoms with Gasteiger partial charge in [-0.15, -0.1) is 0 Å². The number of alkyl halides is 2. The first-order valence-electron chi connectivity index (χ1n) is 13.5. The average molecular weight is 468 g/mol. The van der Waals surface area contributed by atoms with E-state index in [1.165, 1.54) is 44.9 Å². The first-order chi connectivity index (χ1) is 15.8. The largest absolute Gasteiger partial charge is 0.481 e. The van der Waals surface area contributed by atoms with Gasteiger partial charge in [0.1, 0.15) is 0 Å². The SMILES string of the molecule is CC(F)(F)OC1CCC(N2C=C(CCC3CCCCC3)C3CC(CCC(=O)O)CCC32)CC1. The molecule has 3 saturated carbocycles. The third-order valence-corrected chi connectivity index (χ3v) is 8.87. The average Bonchev–Trinajstić information content (AvgIpc) is 3.14. The molecule has 1 N–H and O–H groups in total. The molecule has 0 radical (unpaired) electrons. The van der Waals surface area contributed by atoms with Crippen LogP contribution in [0, 0.1) is 17.8 Å². The van der Waals surface area contributed by atoms with Crippen molar-refractivity contribution in [3.8, 4) is 0 Å². The monoisotopic (exact) mass is 467 g/mol. The van der Waals surface area contributed by atoms with Crippen molar-refractivity contribution in [1.29, 1.82) is 0 Å². The Morgan fingerprint density at radius 1 is 1.03 bits per heavy atom. The van der Waals surface area contributed by atoms with Crippen LogP contribution < -0.4 is 0 Å². The minimum atomic E-state index is -3.04. The topological polar surface area (TPSA) is 49.8 Å². The zero-order valence-corrected chi connectivity index (χ0v) is 20.3. The number of fused-ring (bicyclic) bond motifs is 1. The predicted octanol–water partition coefficient (Wildman–Crippen LogP) is 7.14. The van der Waals surface area contributed by atoms with E-state index in [-0.39, 0.29) is 12.5 Å². The molecule has 3 atom stereocenters. The maximum absolute atomic E-state index is 13.3. The van der Waals surface area contributed by atoms with Gasteiger partial charge in [-0.2, -0.15) is 8.78 Å². The van der Waals surface area contributed by atoms with Crippen molar-refractivity contribution in [2.24, 2.45) is 17.8 Å². The smallest absolute Gasteiger partial charge is 0.353 e. The second-order valence-corrected chi connectivity index (χ2v) is 11.3. The highest BCUT2D eigenvalue weighted by Crippen LogP contribution is 2.47. The Hall–Kier alpha value is -1.17. The standard InChI is InChI=1S/C27H43F2NO3/c1-27(28,29)33-23-13-11-22(12-14-23)30-18-21(10-7-19-5-3-2-4-6-19)24-17-20(8-15-25(24)30)9-16-26(31)32/h18-20,22-25H,2-17H2,1H3,(H,31,32). The van der Waals surface area contributed by atoms with E-state index in [0.717, 1.165) is 51.4 Å². The highest BCUT2D eigenvalue weighted by molar-refractivity contribution is 5.66. The van der Waals surface area contributed by atoms with Crippen LogP contribution in [0.5, 0.6) is 0 Å². The summed E-state index contributed by atoms with van der Waals surface area (Å²) in [5.41, 5.74) is 1.59. The lowest BCUT2D eigenvalue weighted by Crippen LogP contribution is -2.45. The van der Waals surface area contributed by atoms with E-state index in [9.17, 15) is 13.6 Å². The number of ether oxygens (including phenoxy) is 1. The van der Waals surface area contributed by atoms with Crippen molar-refractivity contribution in [1.82, 2.24) is 4.90 Å². The van der Waals surface area contributed by atoms with Crippen LogP contribution in [0.2, 0.25) is 0 Å². The molecule has 0 aromatic heterocycles. The number of carboxylic acids is 1. The summed E-state index contributed by atoms with van der Waals surface area (Å²) >= 11 is 0. The number of carbonyl (C=O) groups is 1. The molecule has 0 amide bonds. The molecule has 4 aliphatic rings. The zero-order valence-electron chi connectivity index (χ0n) is 20.3. The van der Waals surface area contributed by atoms with E-state index >= 15 is 0 Å².